The minimum Gasteiger partial charge on any atom is -0.496 e. The minimum absolute atomic E-state index is 0.0941. The van der Waals surface area contributed by atoms with Crippen molar-refractivity contribution in [3.8, 4) is 45.4 Å². The zero-order chi connectivity index (χ0) is 24.1. The highest BCUT2D eigenvalue weighted by Gasteiger charge is 2.22. The predicted molar refractivity (Wildman–Crippen MR) is 129 cm³/mol. The molecular formula is C25H24N4O5. The summed E-state index contributed by atoms with van der Waals surface area (Å²) in [6, 6.07) is 18.8. The van der Waals surface area contributed by atoms with Crippen LogP contribution in [0.25, 0.3) is 22.4 Å². The fourth-order valence-corrected chi connectivity index (χ4v) is 3.65. The van der Waals surface area contributed by atoms with E-state index in [1.165, 1.54) is 21.3 Å². The Morgan fingerprint density at radius 3 is 2.06 bits per heavy atom. The summed E-state index contributed by atoms with van der Waals surface area (Å²) in [5, 5.41) is 13.9. The van der Waals surface area contributed by atoms with Gasteiger partial charge >= 0.3 is 0 Å². The Morgan fingerprint density at radius 1 is 0.676 bits per heavy atom. The minimum atomic E-state index is -0.427. The molecule has 0 saturated carbocycles. The molecular weight excluding hydrogens is 436 g/mol. The summed E-state index contributed by atoms with van der Waals surface area (Å²) >= 11 is 0. The molecule has 1 aromatic heterocycles. The van der Waals surface area contributed by atoms with E-state index < -0.39 is 5.56 Å². The summed E-state index contributed by atoms with van der Waals surface area (Å²) in [7, 11) is 6.15. The zero-order valence-electron chi connectivity index (χ0n) is 19.2. The molecule has 0 aliphatic heterocycles. The smallest absolute Gasteiger partial charge is 0.292 e. The van der Waals surface area contributed by atoms with Crippen LogP contribution in [0.5, 0.6) is 23.0 Å². The monoisotopic (exact) mass is 460 g/mol. The van der Waals surface area contributed by atoms with Crippen molar-refractivity contribution in [2.24, 2.45) is 10.2 Å². The molecule has 0 saturated heterocycles. The molecule has 0 spiro atoms. The number of aromatic nitrogens is 2. The van der Waals surface area contributed by atoms with Crippen molar-refractivity contribution in [3.05, 3.63) is 71.0 Å². The molecule has 0 radical (unpaired) electrons. The van der Waals surface area contributed by atoms with Crippen LogP contribution >= 0.6 is 0 Å². The number of methoxy groups -OCH3 is 4. The lowest BCUT2D eigenvalue weighted by molar-refractivity contribution is 0.325. The number of nitrogens with one attached hydrogen (secondary N) is 2. The molecule has 0 fully saturated rings. The number of rotatable bonds is 8. The maximum Gasteiger partial charge on any atom is 0.292 e. The molecule has 174 valence electrons. The van der Waals surface area contributed by atoms with Gasteiger partial charge in [0.2, 0.25) is 5.75 Å². The van der Waals surface area contributed by atoms with Crippen LogP contribution in [-0.2, 0) is 0 Å². The van der Waals surface area contributed by atoms with E-state index in [0.717, 1.165) is 11.1 Å². The van der Waals surface area contributed by atoms with Crippen molar-refractivity contribution in [3.63, 3.8) is 0 Å². The van der Waals surface area contributed by atoms with Crippen molar-refractivity contribution in [2.45, 2.75) is 0 Å². The van der Waals surface area contributed by atoms with Crippen LogP contribution in [0.4, 0.5) is 11.4 Å². The molecule has 4 aromatic rings. The second-order valence-corrected chi connectivity index (χ2v) is 7.14. The first kappa shape index (κ1) is 22.7. The summed E-state index contributed by atoms with van der Waals surface area (Å²) in [5.74, 6) is 1.93. The van der Waals surface area contributed by atoms with Crippen molar-refractivity contribution in [2.75, 3.05) is 28.4 Å². The van der Waals surface area contributed by atoms with Crippen LogP contribution in [0.1, 0.15) is 0 Å². The summed E-state index contributed by atoms with van der Waals surface area (Å²) in [5.41, 5.74) is 3.11. The second kappa shape index (κ2) is 9.95. The average Bonchev–Trinajstić information content (AvgIpc) is 3.26. The van der Waals surface area contributed by atoms with Crippen LogP contribution in [0, 0.1) is 0 Å². The van der Waals surface area contributed by atoms with Gasteiger partial charge in [-0.05, 0) is 29.8 Å². The molecule has 0 aliphatic rings. The highest BCUT2D eigenvalue weighted by molar-refractivity contribution is 5.80. The third kappa shape index (κ3) is 4.23. The fourth-order valence-electron chi connectivity index (χ4n) is 3.65. The molecule has 0 bridgehead atoms. The van der Waals surface area contributed by atoms with Gasteiger partial charge in [-0.3, -0.25) is 15.0 Å². The number of ether oxygens (including phenoxy) is 4. The Balaban J connectivity index is 1.74. The summed E-state index contributed by atoms with van der Waals surface area (Å²) in [6.45, 7) is 0. The molecule has 9 nitrogen and oxygen atoms in total. The van der Waals surface area contributed by atoms with Crippen LogP contribution in [0.2, 0.25) is 0 Å². The van der Waals surface area contributed by atoms with Gasteiger partial charge in [0.15, 0.2) is 17.2 Å². The van der Waals surface area contributed by atoms with Gasteiger partial charge in [-0.15, -0.1) is 5.11 Å². The lowest BCUT2D eigenvalue weighted by Crippen LogP contribution is -1.98. The highest BCUT2D eigenvalue weighted by atomic mass is 16.5. The molecule has 34 heavy (non-hydrogen) atoms. The number of H-pyrrole nitrogens is 2. The number of hydrogen-bond donors (Lipinski definition) is 2. The van der Waals surface area contributed by atoms with Crippen molar-refractivity contribution in [1.29, 1.82) is 0 Å². The Labute approximate surface area is 196 Å². The van der Waals surface area contributed by atoms with E-state index in [1.54, 1.807) is 25.3 Å². The third-order valence-corrected chi connectivity index (χ3v) is 5.26. The van der Waals surface area contributed by atoms with Crippen LogP contribution in [0.3, 0.4) is 0 Å². The average molecular weight is 460 g/mol. The van der Waals surface area contributed by atoms with E-state index >= 15 is 0 Å². The normalized spacial score (nSPS) is 10.9. The van der Waals surface area contributed by atoms with E-state index in [9.17, 15) is 4.79 Å². The van der Waals surface area contributed by atoms with E-state index in [1.807, 2.05) is 42.5 Å². The molecule has 1 heterocycles. The molecule has 3 aromatic carbocycles. The number of hydrogen-bond acceptors (Lipinski definition) is 7. The van der Waals surface area contributed by atoms with Crippen molar-refractivity contribution >= 4 is 11.4 Å². The van der Waals surface area contributed by atoms with Gasteiger partial charge in [0.25, 0.3) is 5.56 Å². The molecule has 4 rings (SSSR count). The number of nitrogens with zero attached hydrogens (tertiary/aromatic N) is 2. The first-order valence-corrected chi connectivity index (χ1v) is 10.4. The number of benzene rings is 3. The standard InChI is InChI=1S/C25H24N4O5/c1-31-19-13-12-18(23(33-3)24(19)34-4)21-22(25(30)29-27-21)28-26-16-10-11-17(20(14-16)32-2)15-8-6-5-7-9-15/h5-14H,1-4H3,(H2,27,29,30). The van der Waals surface area contributed by atoms with E-state index in [2.05, 4.69) is 20.4 Å². The molecule has 0 unspecified atom stereocenters. The number of azo groups is 1. The Morgan fingerprint density at radius 2 is 1.38 bits per heavy atom. The number of aromatic amines is 2. The summed E-state index contributed by atoms with van der Waals surface area (Å²) < 4.78 is 21.9. The summed E-state index contributed by atoms with van der Waals surface area (Å²) in [4.78, 5) is 12.5. The maximum atomic E-state index is 12.5. The lowest BCUT2D eigenvalue weighted by atomic mass is 10.0. The highest BCUT2D eigenvalue weighted by Crippen LogP contribution is 2.45. The second-order valence-electron chi connectivity index (χ2n) is 7.14. The lowest BCUT2D eigenvalue weighted by Gasteiger charge is -2.15. The quantitative estimate of drug-likeness (QED) is 0.338. The van der Waals surface area contributed by atoms with Crippen LogP contribution < -0.4 is 24.5 Å². The Bertz CT molecular complexity index is 1380. The van der Waals surface area contributed by atoms with Crippen LogP contribution in [-0.4, -0.2) is 38.6 Å². The van der Waals surface area contributed by atoms with Gasteiger partial charge < -0.3 is 18.9 Å². The van der Waals surface area contributed by atoms with E-state index in [-0.39, 0.29) is 5.69 Å². The van der Waals surface area contributed by atoms with Gasteiger partial charge in [0.1, 0.15) is 5.75 Å². The van der Waals surface area contributed by atoms with Gasteiger partial charge in [-0.25, -0.2) is 0 Å². The van der Waals surface area contributed by atoms with Crippen molar-refractivity contribution in [1.82, 2.24) is 10.2 Å². The summed E-state index contributed by atoms with van der Waals surface area (Å²) in [6.07, 6.45) is 0. The van der Waals surface area contributed by atoms with Gasteiger partial charge in [-0.1, -0.05) is 30.3 Å². The van der Waals surface area contributed by atoms with Crippen LogP contribution in [0.15, 0.2) is 75.7 Å². The van der Waals surface area contributed by atoms with Crippen molar-refractivity contribution < 1.29 is 18.9 Å². The zero-order valence-corrected chi connectivity index (χ0v) is 19.2. The fraction of sp³-hybridized carbons (Fsp3) is 0.160. The molecule has 2 N–H and O–H groups in total. The SMILES string of the molecule is COc1cc(N=Nc2c(-c3ccc(OC)c(OC)c3OC)[nH][nH]c2=O)ccc1-c1ccccc1. The largest absolute Gasteiger partial charge is 0.496 e. The first-order valence-electron chi connectivity index (χ1n) is 10.4. The Kier molecular flexibility index (Phi) is 6.63. The van der Waals surface area contributed by atoms with Gasteiger partial charge in [-0.2, -0.15) is 5.11 Å². The first-order chi connectivity index (χ1) is 16.6. The third-order valence-electron chi connectivity index (χ3n) is 5.26. The van der Waals surface area contributed by atoms with Gasteiger partial charge in [0, 0.05) is 17.2 Å². The topological polar surface area (TPSA) is 110 Å². The van der Waals surface area contributed by atoms with E-state index in [4.69, 9.17) is 18.9 Å². The van der Waals surface area contributed by atoms with E-state index in [0.29, 0.717) is 39.9 Å². The Hall–Kier alpha value is -4.53. The molecule has 0 aliphatic carbocycles. The molecule has 0 atom stereocenters. The van der Waals surface area contributed by atoms with Gasteiger partial charge in [0.05, 0.1) is 39.8 Å². The predicted octanol–water partition coefficient (Wildman–Crippen LogP) is 5.49. The maximum absolute atomic E-state index is 12.5. The molecule has 9 heteroatoms. The molecule has 0 amide bonds.